The molecule has 0 amide bonds. The second kappa shape index (κ2) is 7.27. The third-order valence-electron chi connectivity index (χ3n) is 3.35. The molecule has 1 atom stereocenters. The minimum atomic E-state index is 0.307. The zero-order valence-electron chi connectivity index (χ0n) is 11.9. The van der Waals surface area contributed by atoms with Crippen molar-refractivity contribution in [2.24, 2.45) is 5.73 Å². The van der Waals surface area contributed by atoms with E-state index in [2.05, 4.69) is 66.7 Å². The van der Waals surface area contributed by atoms with Gasteiger partial charge in [0.25, 0.3) is 0 Å². The third-order valence-corrected chi connectivity index (χ3v) is 4.20. The van der Waals surface area contributed by atoms with Gasteiger partial charge in [0.1, 0.15) is 0 Å². The second-order valence-electron chi connectivity index (χ2n) is 5.09. The lowest BCUT2D eigenvalue weighted by molar-refractivity contribution is 0.157. The molecule has 2 N–H and O–H groups in total. The summed E-state index contributed by atoms with van der Waals surface area (Å²) >= 11 is 3.61. The van der Waals surface area contributed by atoms with Crippen LogP contribution in [0.25, 0.3) is 0 Å². The highest BCUT2D eigenvalue weighted by molar-refractivity contribution is 9.10. The molecular formula is C15H25BrN2. The maximum atomic E-state index is 6.00. The van der Waals surface area contributed by atoms with Gasteiger partial charge in [-0.2, -0.15) is 0 Å². The van der Waals surface area contributed by atoms with Crippen molar-refractivity contribution in [1.29, 1.82) is 0 Å². The Morgan fingerprint density at radius 1 is 1.33 bits per heavy atom. The molecule has 0 aliphatic carbocycles. The second-order valence-corrected chi connectivity index (χ2v) is 5.95. The highest BCUT2D eigenvalue weighted by Crippen LogP contribution is 2.26. The smallest absolute Gasteiger partial charge is 0.0473 e. The molecule has 102 valence electrons. The van der Waals surface area contributed by atoms with Crippen molar-refractivity contribution in [2.75, 3.05) is 13.1 Å². The van der Waals surface area contributed by atoms with Crippen LogP contribution >= 0.6 is 15.9 Å². The molecule has 18 heavy (non-hydrogen) atoms. The van der Waals surface area contributed by atoms with Gasteiger partial charge >= 0.3 is 0 Å². The third kappa shape index (κ3) is 3.81. The van der Waals surface area contributed by atoms with Crippen molar-refractivity contribution < 1.29 is 0 Å². The first kappa shape index (κ1) is 15.7. The Kier molecular flexibility index (Phi) is 6.33. The monoisotopic (exact) mass is 312 g/mol. The number of halogens is 1. The van der Waals surface area contributed by atoms with Gasteiger partial charge in [-0.1, -0.05) is 35.0 Å². The predicted molar refractivity (Wildman–Crippen MR) is 82.8 cm³/mol. The first-order valence-corrected chi connectivity index (χ1v) is 7.52. The Hall–Kier alpha value is -0.380. The molecule has 1 aromatic carbocycles. The SMILES string of the molecule is CCCN(C(C)C)C(CN)c1ccc(C)c(Br)c1. The van der Waals surface area contributed by atoms with Crippen molar-refractivity contribution in [3.8, 4) is 0 Å². The van der Waals surface area contributed by atoms with Gasteiger partial charge in [0.15, 0.2) is 0 Å². The Bertz CT molecular complexity index is 377. The first-order valence-electron chi connectivity index (χ1n) is 6.73. The van der Waals surface area contributed by atoms with Crippen LogP contribution in [0.3, 0.4) is 0 Å². The fraction of sp³-hybridized carbons (Fsp3) is 0.600. The number of rotatable bonds is 6. The van der Waals surface area contributed by atoms with E-state index in [1.54, 1.807) is 0 Å². The maximum Gasteiger partial charge on any atom is 0.0473 e. The van der Waals surface area contributed by atoms with E-state index < -0.39 is 0 Å². The van der Waals surface area contributed by atoms with E-state index in [9.17, 15) is 0 Å². The summed E-state index contributed by atoms with van der Waals surface area (Å²) in [5.41, 5.74) is 8.57. The van der Waals surface area contributed by atoms with Crippen molar-refractivity contribution in [3.05, 3.63) is 33.8 Å². The van der Waals surface area contributed by atoms with Crippen LogP contribution in [0, 0.1) is 6.92 Å². The normalized spacial score (nSPS) is 13.3. The highest BCUT2D eigenvalue weighted by atomic mass is 79.9. The Morgan fingerprint density at radius 2 is 2.00 bits per heavy atom. The van der Waals surface area contributed by atoms with E-state index in [0.717, 1.165) is 13.0 Å². The van der Waals surface area contributed by atoms with Gasteiger partial charge < -0.3 is 5.73 Å². The Labute approximate surface area is 120 Å². The van der Waals surface area contributed by atoms with E-state index >= 15 is 0 Å². The fourth-order valence-electron chi connectivity index (χ4n) is 2.31. The van der Waals surface area contributed by atoms with E-state index in [1.807, 2.05) is 0 Å². The molecule has 0 bridgehead atoms. The molecular weight excluding hydrogens is 288 g/mol. The quantitative estimate of drug-likeness (QED) is 0.863. The van der Waals surface area contributed by atoms with Crippen molar-refractivity contribution in [2.45, 2.75) is 46.2 Å². The molecule has 1 aromatic rings. The number of aryl methyl sites for hydroxylation is 1. The Morgan fingerprint density at radius 3 is 2.44 bits per heavy atom. The average Bonchev–Trinajstić information content (AvgIpc) is 2.33. The van der Waals surface area contributed by atoms with Gasteiger partial charge in [-0.3, -0.25) is 4.90 Å². The Balaban J connectivity index is 3.02. The molecule has 0 fully saturated rings. The summed E-state index contributed by atoms with van der Waals surface area (Å²) in [5.74, 6) is 0. The van der Waals surface area contributed by atoms with Crippen LogP contribution in [0.2, 0.25) is 0 Å². The van der Waals surface area contributed by atoms with E-state index in [4.69, 9.17) is 5.73 Å². The summed E-state index contributed by atoms with van der Waals surface area (Å²) < 4.78 is 1.17. The maximum absolute atomic E-state index is 6.00. The van der Waals surface area contributed by atoms with Gasteiger partial charge in [0.2, 0.25) is 0 Å². The lowest BCUT2D eigenvalue weighted by Crippen LogP contribution is -2.39. The fourth-order valence-corrected chi connectivity index (χ4v) is 2.71. The average molecular weight is 313 g/mol. The zero-order chi connectivity index (χ0) is 13.7. The van der Waals surface area contributed by atoms with Crippen LogP contribution in [0.5, 0.6) is 0 Å². The molecule has 1 rings (SSSR count). The van der Waals surface area contributed by atoms with Gasteiger partial charge in [-0.15, -0.1) is 0 Å². The minimum absolute atomic E-state index is 0.307. The van der Waals surface area contributed by atoms with E-state index in [0.29, 0.717) is 18.6 Å². The number of nitrogens with two attached hydrogens (primary N) is 1. The lowest BCUT2D eigenvalue weighted by atomic mass is 10.0. The summed E-state index contributed by atoms with van der Waals surface area (Å²) in [5, 5.41) is 0. The molecule has 0 saturated carbocycles. The largest absolute Gasteiger partial charge is 0.329 e. The molecule has 0 aromatic heterocycles. The molecule has 0 aliphatic rings. The van der Waals surface area contributed by atoms with E-state index in [-0.39, 0.29) is 0 Å². The van der Waals surface area contributed by atoms with Crippen LogP contribution < -0.4 is 5.73 Å². The summed E-state index contributed by atoms with van der Waals surface area (Å²) in [4.78, 5) is 2.48. The minimum Gasteiger partial charge on any atom is -0.329 e. The molecule has 0 heterocycles. The molecule has 0 aliphatic heterocycles. The molecule has 0 radical (unpaired) electrons. The van der Waals surface area contributed by atoms with Crippen LogP contribution in [-0.2, 0) is 0 Å². The molecule has 1 unspecified atom stereocenters. The van der Waals surface area contributed by atoms with Crippen LogP contribution in [0.15, 0.2) is 22.7 Å². The van der Waals surface area contributed by atoms with E-state index in [1.165, 1.54) is 15.6 Å². The summed E-state index contributed by atoms with van der Waals surface area (Å²) in [6.07, 6.45) is 1.15. The van der Waals surface area contributed by atoms with Crippen LogP contribution in [-0.4, -0.2) is 24.0 Å². The predicted octanol–water partition coefficient (Wildman–Crippen LogP) is 3.88. The zero-order valence-corrected chi connectivity index (χ0v) is 13.5. The topological polar surface area (TPSA) is 29.3 Å². The van der Waals surface area contributed by atoms with Crippen molar-refractivity contribution in [1.82, 2.24) is 4.90 Å². The van der Waals surface area contributed by atoms with Gasteiger partial charge in [0, 0.05) is 23.1 Å². The van der Waals surface area contributed by atoms with Gasteiger partial charge in [-0.25, -0.2) is 0 Å². The number of benzene rings is 1. The van der Waals surface area contributed by atoms with Crippen molar-refractivity contribution in [3.63, 3.8) is 0 Å². The lowest BCUT2D eigenvalue weighted by Gasteiger charge is -2.34. The molecule has 0 spiro atoms. The summed E-state index contributed by atoms with van der Waals surface area (Å²) in [7, 11) is 0. The van der Waals surface area contributed by atoms with Gasteiger partial charge in [0.05, 0.1) is 0 Å². The highest BCUT2D eigenvalue weighted by Gasteiger charge is 2.21. The number of hydrogen-bond donors (Lipinski definition) is 1. The molecule has 2 nitrogen and oxygen atoms in total. The van der Waals surface area contributed by atoms with Crippen molar-refractivity contribution >= 4 is 15.9 Å². The van der Waals surface area contributed by atoms with Crippen LogP contribution in [0.1, 0.15) is 44.4 Å². The summed E-state index contributed by atoms with van der Waals surface area (Å²) in [6, 6.07) is 7.38. The first-order chi connectivity index (χ1) is 8.51. The van der Waals surface area contributed by atoms with Crippen LogP contribution in [0.4, 0.5) is 0 Å². The van der Waals surface area contributed by atoms with Gasteiger partial charge in [-0.05, 0) is 50.9 Å². The molecule has 3 heteroatoms. The number of hydrogen-bond acceptors (Lipinski definition) is 2. The number of nitrogens with zero attached hydrogens (tertiary/aromatic N) is 1. The molecule has 0 saturated heterocycles. The standard InChI is InChI=1S/C15H25BrN2/c1-5-8-18(11(2)3)15(10-17)13-7-6-12(4)14(16)9-13/h6-7,9,11,15H,5,8,10,17H2,1-4H3. The summed E-state index contributed by atoms with van der Waals surface area (Å²) in [6.45, 7) is 10.5.